The smallest absolute Gasteiger partial charge is 0.233 e. The van der Waals surface area contributed by atoms with E-state index in [2.05, 4.69) is 15.5 Å². The number of benzene rings is 1. The van der Waals surface area contributed by atoms with Crippen LogP contribution in [0.4, 0.5) is 4.39 Å². The van der Waals surface area contributed by atoms with Crippen molar-refractivity contribution < 1.29 is 17.2 Å². The predicted molar refractivity (Wildman–Crippen MR) is 83.2 cm³/mol. The summed E-state index contributed by atoms with van der Waals surface area (Å²) >= 11 is 0. The van der Waals surface area contributed by atoms with Crippen LogP contribution in [0, 0.1) is 5.82 Å². The zero-order valence-electron chi connectivity index (χ0n) is 13.5. The van der Waals surface area contributed by atoms with Gasteiger partial charge >= 0.3 is 0 Å². The Morgan fingerprint density at radius 3 is 2.48 bits per heavy atom. The first kappa shape index (κ1) is 17.6. The second-order valence-corrected chi connectivity index (χ2v) is 7.44. The molecule has 0 aliphatic heterocycles. The second kappa shape index (κ2) is 6.76. The molecule has 2 rings (SSSR count). The molecule has 0 bridgehead atoms. The zero-order chi connectivity index (χ0) is 17.2. The SMILES string of the molecule is CCc1nnc([C@H](C)N[C@@H](C)c2ccc(S(C)(=O)=O)c(F)c2)o1. The van der Waals surface area contributed by atoms with E-state index in [1.54, 1.807) is 6.07 Å². The quantitative estimate of drug-likeness (QED) is 0.869. The summed E-state index contributed by atoms with van der Waals surface area (Å²) in [6, 6.07) is 3.67. The molecular formula is C15H20FN3O3S. The monoisotopic (exact) mass is 341 g/mol. The van der Waals surface area contributed by atoms with Crippen molar-refractivity contribution >= 4 is 9.84 Å². The van der Waals surface area contributed by atoms with Crippen molar-refractivity contribution in [3.8, 4) is 0 Å². The molecule has 0 saturated carbocycles. The third-order valence-corrected chi connectivity index (χ3v) is 4.64. The maximum atomic E-state index is 14.0. The minimum atomic E-state index is -3.57. The van der Waals surface area contributed by atoms with Gasteiger partial charge in [-0.15, -0.1) is 10.2 Å². The molecule has 8 heteroatoms. The second-order valence-electron chi connectivity index (χ2n) is 5.46. The summed E-state index contributed by atoms with van der Waals surface area (Å²) in [4.78, 5) is -0.300. The predicted octanol–water partition coefficient (Wildman–Crippen LogP) is 2.59. The van der Waals surface area contributed by atoms with Gasteiger partial charge in [-0.25, -0.2) is 12.8 Å². The van der Waals surface area contributed by atoms with Gasteiger partial charge in [0.15, 0.2) is 9.84 Å². The molecule has 6 nitrogen and oxygen atoms in total. The number of aromatic nitrogens is 2. The molecule has 0 fully saturated rings. The van der Waals surface area contributed by atoms with Crippen LogP contribution in [0.2, 0.25) is 0 Å². The number of hydrogen-bond acceptors (Lipinski definition) is 6. The van der Waals surface area contributed by atoms with Crippen LogP contribution in [0.15, 0.2) is 27.5 Å². The van der Waals surface area contributed by atoms with Crippen LogP contribution in [-0.2, 0) is 16.3 Å². The van der Waals surface area contributed by atoms with E-state index in [-0.39, 0.29) is 17.0 Å². The summed E-state index contributed by atoms with van der Waals surface area (Å²) in [6.45, 7) is 5.64. The lowest BCUT2D eigenvalue weighted by atomic mass is 10.1. The topological polar surface area (TPSA) is 85.1 Å². The Labute approximate surface area is 135 Å². The summed E-state index contributed by atoms with van der Waals surface area (Å²) in [6.07, 6.45) is 1.64. The summed E-state index contributed by atoms with van der Waals surface area (Å²) in [5.41, 5.74) is 0.636. The van der Waals surface area contributed by atoms with Crippen molar-refractivity contribution in [1.82, 2.24) is 15.5 Å². The molecule has 0 saturated heterocycles. The fourth-order valence-electron chi connectivity index (χ4n) is 2.21. The molecule has 23 heavy (non-hydrogen) atoms. The molecule has 1 aromatic heterocycles. The lowest BCUT2D eigenvalue weighted by molar-refractivity contribution is 0.374. The van der Waals surface area contributed by atoms with E-state index in [4.69, 9.17) is 4.42 Å². The summed E-state index contributed by atoms with van der Waals surface area (Å²) in [5, 5.41) is 11.1. The highest BCUT2D eigenvalue weighted by Crippen LogP contribution is 2.22. The third-order valence-electron chi connectivity index (χ3n) is 3.51. The van der Waals surface area contributed by atoms with Crippen molar-refractivity contribution in [1.29, 1.82) is 0 Å². The molecule has 1 aromatic carbocycles. The van der Waals surface area contributed by atoms with Crippen molar-refractivity contribution in [3.63, 3.8) is 0 Å². The number of halogens is 1. The maximum absolute atomic E-state index is 14.0. The first-order valence-corrected chi connectivity index (χ1v) is 9.19. The normalized spacial score (nSPS) is 14.7. The number of hydrogen-bond donors (Lipinski definition) is 1. The Morgan fingerprint density at radius 2 is 1.96 bits per heavy atom. The van der Waals surface area contributed by atoms with Crippen molar-refractivity contribution in [2.45, 2.75) is 44.2 Å². The largest absolute Gasteiger partial charge is 0.424 e. The molecule has 0 radical (unpaired) electrons. The van der Waals surface area contributed by atoms with Crippen LogP contribution >= 0.6 is 0 Å². The molecule has 2 aromatic rings. The van der Waals surface area contributed by atoms with E-state index in [0.717, 1.165) is 6.26 Å². The van der Waals surface area contributed by atoms with E-state index >= 15 is 0 Å². The van der Waals surface area contributed by atoms with Gasteiger partial charge in [0.1, 0.15) is 10.7 Å². The molecule has 2 atom stereocenters. The maximum Gasteiger partial charge on any atom is 0.233 e. The van der Waals surface area contributed by atoms with E-state index in [0.29, 0.717) is 23.8 Å². The molecule has 0 aliphatic carbocycles. The standard InChI is InChI=1S/C15H20FN3O3S/c1-5-14-18-19-15(22-14)10(3)17-9(2)11-6-7-13(12(16)8-11)23(4,20)21/h6-10,17H,5H2,1-4H3/t9-,10-/m0/s1. The number of nitrogens with one attached hydrogen (secondary N) is 1. The highest BCUT2D eigenvalue weighted by Gasteiger charge is 2.19. The number of rotatable bonds is 6. The minimum absolute atomic E-state index is 0.213. The Kier molecular flexibility index (Phi) is 5.16. The van der Waals surface area contributed by atoms with Gasteiger partial charge in [0.25, 0.3) is 0 Å². The van der Waals surface area contributed by atoms with Crippen molar-refractivity contribution in [3.05, 3.63) is 41.4 Å². The van der Waals surface area contributed by atoms with Gasteiger partial charge in [-0.3, -0.25) is 5.32 Å². The molecule has 0 amide bonds. The molecule has 0 unspecified atom stereocenters. The number of aryl methyl sites for hydroxylation is 1. The van der Waals surface area contributed by atoms with E-state index < -0.39 is 15.7 Å². The molecular weight excluding hydrogens is 321 g/mol. The van der Waals surface area contributed by atoms with Crippen LogP contribution in [0.25, 0.3) is 0 Å². The Morgan fingerprint density at radius 1 is 1.26 bits per heavy atom. The lowest BCUT2D eigenvalue weighted by Gasteiger charge is -2.18. The van der Waals surface area contributed by atoms with Crippen LogP contribution < -0.4 is 5.32 Å². The average Bonchev–Trinajstić information content (AvgIpc) is 2.94. The van der Waals surface area contributed by atoms with Gasteiger partial charge in [0.05, 0.1) is 6.04 Å². The lowest BCUT2D eigenvalue weighted by Crippen LogP contribution is -2.23. The summed E-state index contributed by atoms with van der Waals surface area (Å²) in [5.74, 6) is 0.268. The first-order chi connectivity index (χ1) is 10.7. The van der Waals surface area contributed by atoms with Gasteiger partial charge in [-0.1, -0.05) is 13.0 Å². The third kappa shape index (κ3) is 4.14. The van der Waals surface area contributed by atoms with E-state index in [1.807, 2.05) is 20.8 Å². The fourth-order valence-corrected chi connectivity index (χ4v) is 2.94. The minimum Gasteiger partial charge on any atom is -0.424 e. The highest BCUT2D eigenvalue weighted by atomic mass is 32.2. The van der Waals surface area contributed by atoms with E-state index in [1.165, 1.54) is 12.1 Å². The number of sulfone groups is 1. The molecule has 0 spiro atoms. The van der Waals surface area contributed by atoms with Gasteiger partial charge in [0.2, 0.25) is 11.8 Å². The van der Waals surface area contributed by atoms with Gasteiger partial charge in [0, 0.05) is 18.7 Å². The highest BCUT2D eigenvalue weighted by molar-refractivity contribution is 7.90. The Hall–Kier alpha value is -1.80. The fraction of sp³-hybridized carbons (Fsp3) is 0.467. The average molecular weight is 341 g/mol. The van der Waals surface area contributed by atoms with Crippen LogP contribution in [0.1, 0.15) is 50.2 Å². The summed E-state index contributed by atoms with van der Waals surface area (Å²) < 4.78 is 42.3. The van der Waals surface area contributed by atoms with E-state index in [9.17, 15) is 12.8 Å². The van der Waals surface area contributed by atoms with Crippen molar-refractivity contribution in [2.75, 3.05) is 6.26 Å². The van der Waals surface area contributed by atoms with Gasteiger partial charge in [-0.2, -0.15) is 0 Å². The molecule has 0 aliphatic rings. The Bertz CT molecular complexity index is 789. The van der Waals surface area contributed by atoms with Crippen molar-refractivity contribution in [2.24, 2.45) is 0 Å². The zero-order valence-corrected chi connectivity index (χ0v) is 14.3. The van der Waals surface area contributed by atoms with Crippen LogP contribution in [0.5, 0.6) is 0 Å². The molecule has 1 N–H and O–H groups in total. The van der Waals surface area contributed by atoms with Gasteiger partial charge < -0.3 is 4.42 Å². The Balaban J connectivity index is 2.14. The molecule has 126 valence electrons. The molecule has 1 heterocycles. The van der Waals surface area contributed by atoms with Gasteiger partial charge in [-0.05, 0) is 31.5 Å². The number of nitrogens with zero attached hydrogens (tertiary/aromatic N) is 2. The first-order valence-electron chi connectivity index (χ1n) is 7.30. The van der Waals surface area contributed by atoms with Crippen LogP contribution in [-0.4, -0.2) is 24.9 Å². The summed E-state index contributed by atoms with van der Waals surface area (Å²) in [7, 11) is -3.57. The van der Waals surface area contributed by atoms with Crippen LogP contribution in [0.3, 0.4) is 0 Å².